The molecule has 1 aromatic rings. The van der Waals surface area contributed by atoms with E-state index in [4.69, 9.17) is 10.5 Å². The van der Waals surface area contributed by atoms with Gasteiger partial charge in [-0.3, -0.25) is 0 Å². The van der Waals surface area contributed by atoms with Gasteiger partial charge in [0.15, 0.2) is 5.69 Å². The molecule has 0 saturated carbocycles. The van der Waals surface area contributed by atoms with Gasteiger partial charge in [-0.1, -0.05) is 0 Å². The predicted molar refractivity (Wildman–Crippen MR) is 76.1 cm³/mol. The van der Waals surface area contributed by atoms with Gasteiger partial charge in [-0.2, -0.15) is 18.3 Å². The zero-order valence-electron chi connectivity index (χ0n) is 12.9. The number of hydrogen-bond acceptors (Lipinski definition) is 7. The minimum Gasteiger partial charge on any atom is -0.461 e. The number of nitrogens with two attached hydrogens (primary N) is 1. The summed E-state index contributed by atoms with van der Waals surface area (Å²) in [6, 6.07) is 0. The summed E-state index contributed by atoms with van der Waals surface area (Å²) in [5.41, 5.74) is -0.805. The molecule has 0 aliphatic rings. The molecule has 0 aliphatic heterocycles. The molecule has 0 amide bonds. The van der Waals surface area contributed by atoms with E-state index >= 15 is 0 Å². The lowest BCUT2D eigenvalue weighted by atomic mass is 10.2. The molecule has 7 nitrogen and oxygen atoms in total. The topological polar surface area (TPSA) is 96.4 Å². The molecule has 0 saturated heterocycles. The highest BCUT2D eigenvalue weighted by molar-refractivity contribution is 8.00. The Bertz CT molecular complexity index is 608. The van der Waals surface area contributed by atoms with Crippen LogP contribution in [0.3, 0.4) is 0 Å². The number of hydrogen-bond donors (Lipinski definition) is 1. The van der Waals surface area contributed by atoms with E-state index in [1.165, 1.54) is 6.92 Å². The van der Waals surface area contributed by atoms with Crippen molar-refractivity contribution in [3.8, 4) is 0 Å². The van der Waals surface area contributed by atoms with E-state index in [1.807, 2.05) is 0 Å². The second-order valence-electron chi connectivity index (χ2n) is 5.22. The van der Waals surface area contributed by atoms with Gasteiger partial charge in [0.2, 0.25) is 0 Å². The van der Waals surface area contributed by atoms with Crippen LogP contribution in [-0.4, -0.2) is 39.6 Å². The van der Waals surface area contributed by atoms with Crippen LogP contribution in [0.2, 0.25) is 0 Å². The average molecular weight is 355 g/mol. The van der Waals surface area contributed by atoms with E-state index in [0.29, 0.717) is 4.68 Å². The molecule has 0 atom stereocenters. The minimum atomic E-state index is -4.73. The van der Waals surface area contributed by atoms with Crippen molar-refractivity contribution in [2.45, 2.75) is 43.7 Å². The fraction of sp³-hybridized carbons (Fsp3) is 0.583. The quantitative estimate of drug-likeness (QED) is 0.657. The molecule has 0 aliphatic carbocycles. The van der Waals surface area contributed by atoms with Crippen molar-refractivity contribution in [1.29, 1.82) is 0 Å². The van der Waals surface area contributed by atoms with Crippen LogP contribution >= 0.6 is 11.8 Å². The summed E-state index contributed by atoms with van der Waals surface area (Å²) in [5.74, 6) is -1.77. The lowest BCUT2D eigenvalue weighted by molar-refractivity contribution is -0.0328. The van der Waals surface area contributed by atoms with E-state index in [-0.39, 0.29) is 6.61 Å². The molecule has 1 heterocycles. The summed E-state index contributed by atoms with van der Waals surface area (Å²) in [7, 11) is 0. The van der Waals surface area contributed by atoms with Gasteiger partial charge >= 0.3 is 17.6 Å². The Morgan fingerprint density at radius 3 is 2.30 bits per heavy atom. The maximum atomic E-state index is 12.6. The molecular weight excluding hydrogens is 339 g/mol. The number of halogens is 3. The van der Waals surface area contributed by atoms with E-state index in [1.54, 1.807) is 20.8 Å². The molecule has 1 aromatic heterocycles. The van der Waals surface area contributed by atoms with Gasteiger partial charge in [0.25, 0.3) is 0 Å². The van der Waals surface area contributed by atoms with Gasteiger partial charge in [-0.15, -0.1) is 4.68 Å². The van der Waals surface area contributed by atoms with Gasteiger partial charge in [-0.05, 0) is 39.5 Å². The lowest BCUT2D eigenvalue weighted by Gasteiger charge is -2.19. The Balaban J connectivity index is 3.31. The number of ether oxygens (including phenoxy) is 2. The van der Waals surface area contributed by atoms with Crippen LogP contribution < -0.4 is 5.73 Å². The number of carbonyl (C=O) groups excluding carboxylic acids is 2. The summed E-state index contributed by atoms with van der Waals surface area (Å²) in [5, 5.41) is 3.52. The largest absolute Gasteiger partial charge is 0.461 e. The highest BCUT2D eigenvalue weighted by atomic mass is 32.2. The van der Waals surface area contributed by atoms with Crippen molar-refractivity contribution in [2.75, 3.05) is 12.3 Å². The second kappa shape index (κ2) is 6.69. The summed E-state index contributed by atoms with van der Waals surface area (Å²) < 4.78 is 47.9. The Morgan fingerprint density at radius 2 is 1.87 bits per heavy atom. The molecule has 0 bridgehead atoms. The van der Waals surface area contributed by atoms with Crippen molar-refractivity contribution in [2.24, 2.45) is 0 Å². The number of alkyl halides is 3. The molecule has 0 fully saturated rings. The Morgan fingerprint density at radius 1 is 1.30 bits per heavy atom. The first kappa shape index (κ1) is 19.1. The number of esters is 1. The van der Waals surface area contributed by atoms with Crippen molar-refractivity contribution < 1.29 is 32.2 Å². The van der Waals surface area contributed by atoms with Gasteiger partial charge in [0, 0.05) is 0 Å². The average Bonchev–Trinajstić information content (AvgIpc) is 2.63. The fourth-order valence-electron chi connectivity index (χ4n) is 1.41. The van der Waals surface area contributed by atoms with Crippen molar-refractivity contribution in [3.05, 3.63) is 5.69 Å². The zero-order chi connectivity index (χ0) is 18.0. The third-order valence-electron chi connectivity index (χ3n) is 2.13. The first-order valence-corrected chi connectivity index (χ1v) is 7.22. The van der Waals surface area contributed by atoms with Gasteiger partial charge in [-0.25, -0.2) is 9.59 Å². The summed E-state index contributed by atoms with van der Waals surface area (Å²) >= 11 is -0.653. The van der Waals surface area contributed by atoms with Crippen LogP contribution in [0.5, 0.6) is 0 Å². The normalized spacial score (nSPS) is 12.1. The minimum absolute atomic E-state index is 0.0752. The van der Waals surface area contributed by atoms with Gasteiger partial charge < -0.3 is 15.2 Å². The molecule has 11 heteroatoms. The van der Waals surface area contributed by atoms with E-state index in [9.17, 15) is 22.8 Å². The number of nitrogens with zero attached hydrogens (tertiary/aromatic N) is 2. The first-order chi connectivity index (χ1) is 10.4. The van der Waals surface area contributed by atoms with Crippen LogP contribution in [0, 0.1) is 0 Å². The first-order valence-electron chi connectivity index (χ1n) is 6.40. The summed E-state index contributed by atoms with van der Waals surface area (Å²) in [6.07, 6.45) is -1.10. The Labute approximate surface area is 134 Å². The highest BCUT2D eigenvalue weighted by Crippen LogP contribution is 2.41. The van der Waals surface area contributed by atoms with Crippen molar-refractivity contribution in [1.82, 2.24) is 9.78 Å². The Hall–Kier alpha value is -1.91. The zero-order valence-corrected chi connectivity index (χ0v) is 13.7. The monoisotopic (exact) mass is 355 g/mol. The molecule has 0 spiro atoms. The van der Waals surface area contributed by atoms with Gasteiger partial charge in [0.05, 0.1) is 11.5 Å². The number of thioether (sulfide) groups is 1. The third-order valence-corrected chi connectivity index (χ3v) is 2.97. The highest BCUT2D eigenvalue weighted by Gasteiger charge is 2.37. The number of carbonyl (C=O) groups is 2. The molecule has 2 N–H and O–H groups in total. The SMILES string of the molecule is CCOC(=O)c1nn(C(=O)OC(C)(C)C)c(N)c1SC(F)(F)F. The molecular formula is C12H16F3N3O4S. The van der Waals surface area contributed by atoms with Crippen molar-refractivity contribution in [3.63, 3.8) is 0 Å². The molecule has 1 rings (SSSR count). The van der Waals surface area contributed by atoms with E-state index in [2.05, 4.69) is 9.84 Å². The van der Waals surface area contributed by atoms with Crippen LogP contribution in [0.25, 0.3) is 0 Å². The third kappa shape index (κ3) is 5.34. The van der Waals surface area contributed by atoms with E-state index < -0.39 is 51.3 Å². The van der Waals surface area contributed by atoms with Crippen LogP contribution in [0.4, 0.5) is 23.8 Å². The number of aromatic nitrogens is 2. The molecule has 23 heavy (non-hydrogen) atoms. The van der Waals surface area contributed by atoms with Crippen LogP contribution in [0.1, 0.15) is 38.2 Å². The number of anilines is 1. The Kier molecular flexibility index (Phi) is 5.56. The molecule has 0 radical (unpaired) electrons. The lowest BCUT2D eigenvalue weighted by Crippen LogP contribution is -2.28. The van der Waals surface area contributed by atoms with Crippen LogP contribution in [-0.2, 0) is 9.47 Å². The summed E-state index contributed by atoms with van der Waals surface area (Å²) in [6.45, 7) is 6.07. The molecule has 0 aromatic carbocycles. The maximum Gasteiger partial charge on any atom is 0.446 e. The predicted octanol–water partition coefficient (Wildman–Crippen LogP) is 3.04. The fourth-order valence-corrected chi connectivity index (χ4v) is 2.05. The smallest absolute Gasteiger partial charge is 0.446 e. The van der Waals surface area contributed by atoms with Gasteiger partial charge in [0.1, 0.15) is 11.4 Å². The standard InChI is InChI=1S/C12H16F3N3O4S/c1-5-21-9(19)6-7(23-12(13,14)15)8(16)18(17-6)10(20)22-11(2,3)4/h5,16H2,1-4H3. The molecule has 130 valence electrons. The molecule has 0 unspecified atom stereocenters. The van der Waals surface area contributed by atoms with Crippen LogP contribution in [0.15, 0.2) is 4.90 Å². The second-order valence-corrected chi connectivity index (χ2v) is 6.30. The maximum absolute atomic E-state index is 12.6. The van der Waals surface area contributed by atoms with E-state index in [0.717, 1.165) is 0 Å². The number of nitrogen functional groups attached to an aromatic ring is 1. The summed E-state index contributed by atoms with van der Waals surface area (Å²) in [4.78, 5) is 23.0. The number of rotatable bonds is 3. The van der Waals surface area contributed by atoms with Crippen molar-refractivity contribution >= 4 is 29.6 Å².